The topological polar surface area (TPSA) is 50.6 Å². The maximum absolute atomic E-state index is 13.3. The summed E-state index contributed by atoms with van der Waals surface area (Å²) < 4.78 is 7.35. The molecule has 6 heteroatoms. The second-order valence-corrected chi connectivity index (χ2v) is 9.60. The largest absolute Gasteiger partial charge is 0.383 e. The zero-order valence-electron chi connectivity index (χ0n) is 20.2. The van der Waals surface area contributed by atoms with Gasteiger partial charge in [-0.05, 0) is 77.4 Å². The Hall–Kier alpha value is -1.66. The maximum Gasteiger partial charge on any atom is 0.222 e. The number of aryl methyl sites for hydroxylation is 1. The summed E-state index contributed by atoms with van der Waals surface area (Å²) in [4.78, 5) is 18.0. The summed E-state index contributed by atoms with van der Waals surface area (Å²) >= 11 is 0. The van der Waals surface area contributed by atoms with Crippen molar-refractivity contribution < 1.29 is 9.53 Å². The van der Waals surface area contributed by atoms with E-state index in [1.807, 2.05) is 18.5 Å². The number of rotatable bonds is 10. The van der Waals surface area contributed by atoms with E-state index in [4.69, 9.17) is 4.74 Å². The van der Waals surface area contributed by atoms with Crippen molar-refractivity contribution >= 4 is 5.91 Å². The first-order valence-corrected chi connectivity index (χ1v) is 12.1. The molecule has 0 aromatic carbocycles. The minimum Gasteiger partial charge on any atom is -0.383 e. The predicted molar refractivity (Wildman–Crippen MR) is 125 cm³/mol. The second-order valence-electron chi connectivity index (χ2n) is 9.60. The lowest BCUT2D eigenvalue weighted by Crippen LogP contribution is -2.52. The van der Waals surface area contributed by atoms with Crippen molar-refractivity contribution in [3.05, 3.63) is 29.1 Å². The molecular formula is C25H42N4O2. The van der Waals surface area contributed by atoms with Gasteiger partial charge in [-0.2, -0.15) is 5.10 Å². The van der Waals surface area contributed by atoms with Gasteiger partial charge in [0.1, 0.15) is 0 Å². The normalized spacial score (nSPS) is 21.7. The minimum absolute atomic E-state index is 0.247. The number of carbonyl (C=O) groups is 1. The average Bonchev–Trinajstić information content (AvgIpc) is 3.01. The Labute approximate surface area is 188 Å². The van der Waals surface area contributed by atoms with E-state index in [1.165, 1.54) is 50.8 Å². The Morgan fingerprint density at radius 1 is 1.23 bits per heavy atom. The van der Waals surface area contributed by atoms with Crippen LogP contribution in [0.4, 0.5) is 0 Å². The van der Waals surface area contributed by atoms with Crippen LogP contribution in [0.25, 0.3) is 0 Å². The number of methoxy groups -OCH3 is 1. The van der Waals surface area contributed by atoms with Crippen LogP contribution < -0.4 is 0 Å². The Kier molecular flexibility index (Phi) is 8.73. The van der Waals surface area contributed by atoms with Crippen molar-refractivity contribution in [3.63, 3.8) is 0 Å². The third kappa shape index (κ3) is 6.19. The van der Waals surface area contributed by atoms with Crippen LogP contribution in [0.15, 0.2) is 12.2 Å². The molecule has 31 heavy (non-hydrogen) atoms. The lowest BCUT2D eigenvalue weighted by molar-refractivity contribution is -0.133. The van der Waals surface area contributed by atoms with Crippen LogP contribution in [-0.4, -0.2) is 71.4 Å². The SMILES string of the molecule is C=C(C)Cn1nc(C)c(CCC(=O)N(CCOC)C[C@H]2CCCN3CCCC[C@H]23)c1C. The van der Waals surface area contributed by atoms with Gasteiger partial charge in [0, 0.05) is 38.4 Å². The van der Waals surface area contributed by atoms with E-state index in [1.54, 1.807) is 7.11 Å². The molecule has 1 aromatic heterocycles. The molecule has 2 saturated heterocycles. The number of fused-ring (bicyclic) bond motifs is 1. The highest BCUT2D eigenvalue weighted by atomic mass is 16.5. The second kappa shape index (κ2) is 11.3. The van der Waals surface area contributed by atoms with Gasteiger partial charge in [0.25, 0.3) is 0 Å². The van der Waals surface area contributed by atoms with Gasteiger partial charge in [-0.3, -0.25) is 9.48 Å². The van der Waals surface area contributed by atoms with E-state index < -0.39 is 0 Å². The summed E-state index contributed by atoms with van der Waals surface area (Å²) in [6.07, 6.45) is 7.72. The molecule has 174 valence electrons. The highest BCUT2D eigenvalue weighted by Gasteiger charge is 2.34. The molecule has 6 nitrogen and oxygen atoms in total. The van der Waals surface area contributed by atoms with E-state index in [0.29, 0.717) is 31.5 Å². The van der Waals surface area contributed by atoms with Crippen LogP contribution in [0.1, 0.15) is 62.4 Å². The van der Waals surface area contributed by atoms with Crippen molar-refractivity contribution in [2.24, 2.45) is 5.92 Å². The van der Waals surface area contributed by atoms with E-state index in [0.717, 1.165) is 36.5 Å². The summed E-state index contributed by atoms with van der Waals surface area (Å²) in [6.45, 7) is 15.5. The van der Waals surface area contributed by atoms with E-state index >= 15 is 0 Å². The fourth-order valence-electron chi connectivity index (χ4n) is 5.49. The highest BCUT2D eigenvalue weighted by molar-refractivity contribution is 5.76. The number of allylic oxidation sites excluding steroid dienone is 1. The van der Waals surface area contributed by atoms with Gasteiger partial charge < -0.3 is 14.5 Å². The van der Waals surface area contributed by atoms with Crippen molar-refractivity contribution in [1.82, 2.24) is 19.6 Å². The predicted octanol–water partition coefficient (Wildman–Crippen LogP) is 3.75. The summed E-state index contributed by atoms with van der Waals surface area (Å²) in [5.41, 5.74) is 4.47. The molecule has 2 aliphatic heterocycles. The van der Waals surface area contributed by atoms with Gasteiger partial charge in [-0.25, -0.2) is 0 Å². The highest BCUT2D eigenvalue weighted by Crippen LogP contribution is 2.31. The quantitative estimate of drug-likeness (QED) is 0.531. The number of amides is 1. The average molecular weight is 431 g/mol. The number of carbonyl (C=O) groups excluding carboxylic acids is 1. The lowest BCUT2D eigenvalue weighted by atomic mass is 9.83. The van der Waals surface area contributed by atoms with Crippen LogP contribution in [0.2, 0.25) is 0 Å². The number of hydrogen-bond acceptors (Lipinski definition) is 4. The fraction of sp³-hybridized carbons (Fsp3) is 0.760. The van der Waals surface area contributed by atoms with Crippen LogP contribution in [0.3, 0.4) is 0 Å². The fourth-order valence-corrected chi connectivity index (χ4v) is 5.49. The monoisotopic (exact) mass is 430 g/mol. The first kappa shape index (κ1) is 24.0. The van der Waals surface area contributed by atoms with Gasteiger partial charge in [0.15, 0.2) is 0 Å². The molecule has 2 aliphatic rings. The van der Waals surface area contributed by atoms with Crippen molar-refractivity contribution in [1.29, 1.82) is 0 Å². The molecule has 3 heterocycles. The number of piperidine rings is 2. The third-order valence-corrected chi connectivity index (χ3v) is 7.14. The van der Waals surface area contributed by atoms with E-state index in [-0.39, 0.29) is 5.91 Å². The maximum atomic E-state index is 13.3. The molecule has 1 amide bonds. The van der Waals surface area contributed by atoms with Crippen LogP contribution in [0.5, 0.6) is 0 Å². The molecule has 0 saturated carbocycles. The van der Waals surface area contributed by atoms with Gasteiger partial charge in [-0.15, -0.1) is 0 Å². The number of aromatic nitrogens is 2. The standard InChI is InChI=1S/C25H42N4O2/c1-19(2)17-29-21(4)23(20(3)26-29)11-12-25(30)28(15-16-31-5)18-22-9-8-14-27-13-7-6-10-24(22)27/h22,24H,1,6-18H2,2-5H3/t22-,24-/m1/s1. The molecule has 3 rings (SSSR count). The van der Waals surface area contributed by atoms with Crippen molar-refractivity contribution in [2.75, 3.05) is 39.9 Å². The molecule has 0 unspecified atom stereocenters. The first-order valence-electron chi connectivity index (χ1n) is 12.1. The van der Waals surface area contributed by atoms with Gasteiger partial charge in [0.05, 0.1) is 18.8 Å². The zero-order valence-corrected chi connectivity index (χ0v) is 20.2. The smallest absolute Gasteiger partial charge is 0.222 e. The van der Waals surface area contributed by atoms with Gasteiger partial charge >= 0.3 is 0 Å². The summed E-state index contributed by atoms with van der Waals surface area (Å²) in [5, 5.41) is 4.67. The Morgan fingerprint density at radius 2 is 2.00 bits per heavy atom. The zero-order chi connectivity index (χ0) is 22.4. The molecule has 0 N–H and O–H groups in total. The van der Waals surface area contributed by atoms with Gasteiger partial charge in [-0.1, -0.05) is 18.6 Å². The van der Waals surface area contributed by atoms with Crippen molar-refractivity contribution in [2.45, 2.75) is 78.3 Å². The third-order valence-electron chi connectivity index (χ3n) is 7.14. The number of ether oxygens (including phenoxy) is 1. The molecule has 0 aliphatic carbocycles. The Bertz CT molecular complexity index is 755. The minimum atomic E-state index is 0.247. The summed E-state index contributed by atoms with van der Waals surface area (Å²) in [6, 6.07) is 0.658. The van der Waals surface area contributed by atoms with Gasteiger partial charge in [0.2, 0.25) is 5.91 Å². The first-order chi connectivity index (χ1) is 14.9. The number of hydrogen-bond donors (Lipinski definition) is 0. The molecule has 2 atom stereocenters. The molecule has 0 spiro atoms. The molecule has 0 radical (unpaired) electrons. The molecule has 0 bridgehead atoms. The Balaban J connectivity index is 1.63. The molecule has 1 aromatic rings. The Morgan fingerprint density at radius 3 is 2.74 bits per heavy atom. The lowest BCUT2D eigenvalue weighted by Gasteiger charge is -2.45. The van der Waals surface area contributed by atoms with E-state index in [9.17, 15) is 4.79 Å². The van der Waals surface area contributed by atoms with Crippen LogP contribution in [-0.2, 0) is 22.5 Å². The van der Waals surface area contributed by atoms with E-state index in [2.05, 4.69) is 28.4 Å². The van der Waals surface area contributed by atoms with Crippen molar-refractivity contribution in [3.8, 4) is 0 Å². The molecule has 2 fully saturated rings. The van der Waals surface area contributed by atoms with Crippen LogP contribution in [0, 0.1) is 19.8 Å². The van der Waals surface area contributed by atoms with Crippen LogP contribution >= 0.6 is 0 Å². The molecular weight excluding hydrogens is 388 g/mol. The number of nitrogens with zero attached hydrogens (tertiary/aromatic N) is 4. The summed E-state index contributed by atoms with van der Waals surface area (Å²) in [7, 11) is 1.72. The summed E-state index contributed by atoms with van der Waals surface area (Å²) in [5.74, 6) is 0.841.